The lowest BCUT2D eigenvalue weighted by molar-refractivity contribution is 0.397. The van der Waals surface area contributed by atoms with Crippen molar-refractivity contribution < 1.29 is 0 Å². The van der Waals surface area contributed by atoms with Gasteiger partial charge in [0.15, 0.2) is 0 Å². The van der Waals surface area contributed by atoms with Gasteiger partial charge in [0.05, 0.1) is 0 Å². The summed E-state index contributed by atoms with van der Waals surface area (Å²) in [4.78, 5) is 0. The number of aromatic nitrogens is 1. The predicted octanol–water partition coefficient (Wildman–Crippen LogP) is 3.12. The third kappa shape index (κ3) is 1.65. The van der Waals surface area contributed by atoms with Gasteiger partial charge < -0.3 is 4.57 Å². The third-order valence-corrected chi connectivity index (χ3v) is 2.92. The van der Waals surface area contributed by atoms with Gasteiger partial charge in [0, 0.05) is 17.9 Å². The highest BCUT2D eigenvalue weighted by Crippen LogP contribution is 2.25. The summed E-state index contributed by atoms with van der Waals surface area (Å²) in [6.45, 7) is 6.79. The van der Waals surface area contributed by atoms with Crippen molar-refractivity contribution in [2.75, 3.05) is 0 Å². The minimum absolute atomic E-state index is 0.247. The Balaban J connectivity index is 2.36. The van der Waals surface area contributed by atoms with Crippen LogP contribution in [0.2, 0.25) is 0 Å². The molecule has 0 saturated heterocycles. The van der Waals surface area contributed by atoms with Crippen molar-refractivity contribution in [2.24, 2.45) is 0 Å². The Bertz CT molecular complexity index is 278. The summed E-state index contributed by atoms with van der Waals surface area (Å²) in [6.07, 6.45) is 10.0. The number of nitrogens with zero attached hydrogens (tertiary/aromatic N) is 1. The van der Waals surface area contributed by atoms with Crippen LogP contribution in [0.15, 0.2) is 12.4 Å². The average molecular weight is 177 g/mol. The van der Waals surface area contributed by atoms with Crippen molar-refractivity contribution >= 4 is 0 Å². The first-order chi connectivity index (χ1) is 6.07. The molecule has 0 saturated carbocycles. The Morgan fingerprint density at radius 1 is 1.00 bits per heavy atom. The molecule has 0 N–H and O–H groups in total. The lowest BCUT2D eigenvalue weighted by Gasteiger charge is -2.20. The molecule has 1 aliphatic rings. The SMILES string of the molecule is CC(C)(C)n1cc2c(c1)CCCC2. The highest BCUT2D eigenvalue weighted by atomic mass is 15.0. The molecule has 2 rings (SSSR count). The van der Waals surface area contributed by atoms with Gasteiger partial charge in [0.1, 0.15) is 0 Å². The van der Waals surface area contributed by atoms with Crippen molar-refractivity contribution in [1.82, 2.24) is 4.57 Å². The molecule has 0 atom stereocenters. The summed E-state index contributed by atoms with van der Waals surface area (Å²) < 4.78 is 2.36. The molecule has 0 bridgehead atoms. The molecule has 0 aromatic carbocycles. The molecule has 0 radical (unpaired) electrons. The first-order valence-electron chi connectivity index (χ1n) is 5.27. The van der Waals surface area contributed by atoms with Crippen molar-refractivity contribution in [1.29, 1.82) is 0 Å². The van der Waals surface area contributed by atoms with E-state index >= 15 is 0 Å². The average Bonchev–Trinajstić information content (AvgIpc) is 2.45. The molecule has 0 aliphatic heterocycles. The smallest absolute Gasteiger partial charge is 0.0355 e. The summed E-state index contributed by atoms with van der Waals surface area (Å²) in [5.41, 5.74) is 3.42. The van der Waals surface area contributed by atoms with E-state index in [1.807, 2.05) is 0 Å². The van der Waals surface area contributed by atoms with E-state index < -0.39 is 0 Å². The van der Waals surface area contributed by atoms with Gasteiger partial charge in [-0.3, -0.25) is 0 Å². The Morgan fingerprint density at radius 3 is 1.85 bits per heavy atom. The second-order valence-corrected chi connectivity index (χ2v) is 5.09. The van der Waals surface area contributed by atoms with E-state index in [-0.39, 0.29) is 5.54 Å². The van der Waals surface area contributed by atoms with Gasteiger partial charge in [-0.2, -0.15) is 0 Å². The Kier molecular flexibility index (Phi) is 1.98. The molecule has 1 aromatic rings. The molecule has 72 valence electrons. The maximum absolute atomic E-state index is 2.36. The lowest BCUT2D eigenvalue weighted by Crippen LogP contribution is -2.19. The van der Waals surface area contributed by atoms with E-state index in [9.17, 15) is 0 Å². The fourth-order valence-electron chi connectivity index (χ4n) is 2.01. The molecule has 13 heavy (non-hydrogen) atoms. The van der Waals surface area contributed by atoms with E-state index in [1.54, 1.807) is 11.1 Å². The van der Waals surface area contributed by atoms with Crippen molar-refractivity contribution in [2.45, 2.75) is 52.0 Å². The van der Waals surface area contributed by atoms with Gasteiger partial charge in [-0.15, -0.1) is 0 Å². The van der Waals surface area contributed by atoms with Gasteiger partial charge in [-0.1, -0.05) is 0 Å². The van der Waals surface area contributed by atoms with Crippen LogP contribution in [0.3, 0.4) is 0 Å². The molecule has 0 unspecified atom stereocenters. The second kappa shape index (κ2) is 2.90. The fraction of sp³-hybridized carbons (Fsp3) is 0.667. The van der Waals surface area contributed by atoms with E-state index in [0.29, 0.717) is 0 Å². The first-order valence-corrected chi connectivity index (χ1v) is 5.27. The topological polar surface area (TPSA) is 4.93 Å². The summed E-state index contributed by atoms with van der Waals surface area (Å²) in [5, 5.41) is 0. The van der Waals surface area contributed by atoms with E-state index in [0.717, 1.165) is 0 Å². The summed E-state index contributed by atoms with van der Waals surface area (Å²) in [5.74, 6) is 0. The van der Waals surface area contributed by atoms with Crippen LogP contribution >= 0.6 is 0 Å². The summed E-state index contributed by atoms with van der Waals surface area (Å²) >= 11 is 0. The molecule has 0 spiro atoms. The van der Waals surface area contributed by atoms with Crippen molar-refractivity contribution in [3.05, 3.63) is 23.5 Å². The predicted molar refractivity (Wildman–Crippen MR) is 56.1 cm³/mol. The third-order valence-electron chi connectivity index (χ3n) is 2.92. The van der Waals surface area contributed by atoms with Crippen molar-refractivity contribution in [3.63, 3.8) is 0 Å². The number of aryl methyl sites for hydroxylation is 2. The molecular weight excluding hydrogens is 158 g/mol. The van der Waals surface area contributed by atoms with Gasteiger partial charge in [0.2, 0.25) is 0 Å². The molecule has 0 amide bonds. The molecule has 1 nitrogen and oxygen atoms in total. The van der Waals surface area contributed by atoms with Crippen LogP contribution in [-0.2, 0) is 18.4 Å². The Hall–Kier alpha value is -0.720. The summed E-state index contributed by atoms with van der Waals surface area (Å²) in [7, 11) is 0. The molecule has 1 aliphatic carbocycles. The van der Waals surface area contributed by atoms with E-state index in [1.165, 1.54) is 25.7 Å². The van der Waals surface area contributed by atoms with Crippen LogP contribution < -0.4 is 0 Å². The zero-order valence-electron chi connectivity index (χ0n) is 8.93. The summed E-state index contributed by atoms with van der Waals surface area (Å²) in [6, 6.07) is 0. The highest BCUT2D eigenvalue weighted by Gasteiger charge is 2.17. The molecular formula is C12H19N. The zero-order chi connectivity index (χ0) is 9.47. The quantitative estimate of drug-likeness (QED) is 0.574. The number of hydrogen-bond donors (Lipinski definition) is 0. The monoisotopic (exact) mass is 177 g/mol. The highest BCUT2D eigenvalue weighted by molar-refractivity contribution is 5.27. The van der Waals surface area contributed by atoms with Gasteiger partial charge in [-0.05, 0) is 57.6 Å². The lowest BCUT2D eigenvalue weighted by atomic mass is 9.96. The van der Waals surface area contributed by atoms with Crippen molar-refractivity contribution in [3.8, 4) is 0 Å². The largest absolute Gasteiger partial charge is 0.349 e. The number of hydrogen-bond acceptors (Lipinski definition) is 0. The fourth-order valence-corrected chi connectivity index (χ4v) is 2.01. The van der Waals surface area contributed by atoms with Crippen LogP contribution in [-0.4, -0.2) is 4.57 Å². The van der Waals surface area contributed by atoms with E-state index in [4.69, 9.17) is 0 Å². The molecule has 1 heteroatoms. The molecule has 0 fully saturated rings. The standard InChI is InChI=1S/C12H19N/c1-12(2,3)13-8-10-6-4-5-7-11(10)9-13/h8-9H,4-7H2,1-3H3. The zero-order valence-corrected chi connectivity index (χ0v) is 8.93. The minimum atomic E-state index is 0.247. The second-order valence-electron chi connectivity index (χ2n) is 5.09. The Morgan fingerprint density at radius 2 is 1.46 bits per heavy atom. The van der Waals surface area contributed by atoms with Crippen LogP contribution in [0.1, 0.15) is 44.7 Å². The van der Waals surface area contributed by atoms with Crippen LogP contribution in [0.5, 0.6) is 0 Å². The van der Waals surface area contributed by atoms with Gasteiger partial charge in [0.25, 0.3) is 0 Å². The minimum Gasteiger partial charge on any atom is -0.349 e. The molecule has 1 aromatic heterocycles. The van der Waals surface area contributed by atoms with Crippen LogP contribution in [0, 0.1) is 0 Å². The van der Waals surface area contributed by atoms with Gasteiger partial charge >= 0.3 is 0 Å². The Labute approximate surface area is 80.8 Å². The molecule has 1 heterocycles. The maximum Gasteiger partial charge on any atom is 0.0355 e. The van der Waals surface area contributed by atoms with E-state index in [2.05, 4.69) is 37.7 Å². The van der Waals surface area contributed by atoms with Crippen LogP contribution in [0.25, 0.3) is 0 Å². The van der Waals surface area contributed by atoms with Crippen LogP contribution in [0.4, 0.5) is 0 Å². The maximum atomic E-state index is 2.36. The van der Waals surface area contributed by atoms with Gasteiger partial charge in [-0.25, -0.2) is 0 Å². The normalized spacial score (nSPS) is 17.2. The first kappa shape index (κ1) is 8.86. The number of fused-ring (bicyclic) bond motifs is 1. The number of rotatable bonds is 0.